The summed E-state index contributed by atoms with van der Waals surface area (Å²) in [6.45, 7) is 7.78. The first-order valence-electron chi connectivity index (χ1n) is 8.11. The molecule has 0 amide bonds. The van der Waals surface area contributed by atoms with E-state index in [4.69, 9.17) is 0 Å². The van der Waals surface area contributed by atoms with Gasteiger partial charge in [0.2, 0.25) is 0 Å². The summed E-state index contributed by atoms with van der Waals surface area (Å²) in [5, 5.41) is 3.77. The van der Waals surface area contributed by atoms with Gasteiger partial charge < -0.3 is 5.32 Å². The topological polar surface area (TPSA) is 12.0 Å². The van der Waals surface area contributed by atoms with Crippen molar-refractivity contribution in [2.45, 2.75) is 52.5 Å². The SMILES string of the molecule is CCCNC(c1cc2c(s1)CCC2)c1cccc(C)c1C. The lowest BCUT2D eigenvalue weighted by atomic mass is 9.96. The summed E-state index contributed by atoms with van der Waals surface area (Å²) in [5.41, 5.74) is 5.87. The number of benzene rings is 1. The van der Waals surface area contributed by atoms with E-state index in [0.717, 1.165) is 6.54 Å². The fourth-order valence-electron chi connectivity index (χ4n) is 3.23. The van der Waals surface area contributed by atoms with Crippen LogP contribution in [0, 0.1) is 13.8 Å². The first kappa shape index (κ1) is 14.8. The lowest BCUT2D eigenvalue weighted by Gasteiger charge is -2.21. The molecule has 1 aromatic carbocycles. The van der Waals surface area contributed by atoms with Crippen LogP contribution >= 0.6 is 11.3 Å². The smallest absolute Gasteiger partial charge is 0.0673 e. The van der Waals surface area contributed by atoms with Gasteiger partial charge in [0.1, 0.15) is 0 Å². The molecule has 2 heteroatoms. The van der Waals surface area contributed by atoms with Crippen LogP contribution in [0.3, 0.4) is 0 Å². The lowest BCUT2D eigenvalue weighted by Crippen LogP contribution is -2.23. The number of rotatable bonds is 5. The van der Waals surface area contributed by atoms with Gasteiger partial charge in [0, 0.05) is 9.75 Å². The van der Waals surface area contributed by atoms with Gasteiger partial charge in [0.25, 0.3) is 0 Å². The zero-order valence-corrected chi connectivity index (χ0v) is 14.1. The molecule has 1 atom stereocenters. The average Bonchev–Trinajstić information content (AvgIpc) is 3.05. The van der Waals surface area contributed by atoms with Crippen molar-refractivity contribution < 1.29 is 0 Å². The minimum Gasteiger partial charge on any atom is -0.306 e. The maximum Gasteiger partial charge on any atom is 0.0673 e. The second-order valence-electron chi connectivity index (χ2n) is 6.13. The molecule has 2 aromatic rings. The lowest BCUT2D eigenvalue weighted by molar-refractivity contribution is 0.603. The maximum atomic E-state index is 3.77. The van der Waals surface area contributed by atoms with Gasteiger partial charge in [-0.1, -0.05) is 25.1 Å². The molecule has 0 bridgehead atoms. The van der Waals surface area contributed by atoms with Gasteiger partial charge in [-0.25, -0.2) is 0 Å². The maximum absolute atomic E-state index is 3.77. The van der Waals surface area contributed by atoms with Crippen molar-refractivity contribution in [3.63, 3.8) is 0 Å². The molecule has 1 N–H and O–H groups in total. The molecular weight excluding hydrogens is 274 g/mol. The molecule has 112 valence electrons. The fraction of sp³-hybridized carbons (Fsp3) is 0.474. The Balaban J connectivity index is 1.98. The highest BCUT2D eigenvalue weighted by atomic mass is 32.1. The van der Waals surface area contributed by atoms with E-state index in [9.17, 15) is 0 Å². The van der Waals surface area contributed by atoms with E-state index in [1.807, 2.05) is 11.3 Å². The Morgan fingerprint density at radius 1 is 1.24 bits per heavy atom. The summed E-state index contributed by atoms with van der Waals surface area (Å²) < 4.78 is 0. The molecule has 1 aromatic heterocycles. The largest absolute Gasteiger partial charge is 0.306 e. The van der Waals surface area contributed by atoms with E-state index in [1.54, 1.807) is 10.4 Å². The molecule has 1 aliphatic carbocycles. The highest BCUT2D eigenvalue weighted by Gasteiger charge is 2.22. The fourth-order valence-corrected chi connectivity index (χ4v) is 4.59. The molecule has 0 saturated carbocycles. The summed E-state index contributed by atoms with van der Waals surface area (Å²) in [7, 11) is 0. The third-order valence-corrected chi connectivity index (χ3v) is 5.91. The third-order valence-electron chi connectivity index (χ3n) is 4.61. The Hall–Kier alpha value is -1.12. The molecule has 0 saturated heterocycles. The Kier molecular flexibility index (Phi) is 4.46. The van der Waals surface area contributed by atoms with Crippen LogP contribution in [-0.4, -0.2) is 6.54 Å². The molecule has 1 unspecified atom stereocenters. The average molecular weight is 299 g/mol. The molecule has 0 radical (unpaired) electrons. The summed E-state index contributed by atoms with van der Waals surface area (Å²) in [6.07, 6.45) is 5.08. The van der Waals surface area contributed by atoms with E-state index in [-0.39, 0.29) is 0 Å². The molecule has 1 aliphatic rings. The van der Waals surface area contributed by atoms with E-state index in [1.165, 1.54) is 47.3 Å². The number of nitrogens with one attached hydrogen (secondary N) is 1. The predicted molar refractivity (Wildman–Crippen MR) is 92.4 cm³/mol. The summed E-state index contributed by atoms with van der Waals surface area (Å²) in [6, 6.07) is 9.52. The Morgan fingerprint density at radius 2 is 2.10 bits per heavy atom. The number of hydrogen-bond acceptors (Lipinski definition) is 2. The Morgan fingerprint density at radius 3 is 2.86 bits per heavy atom. The molecule has 0 spiro atoms. The summed E-state index contributed by atoms with van der Waals surface area (Å²) >= 11 is 2.03. The van der Waals surface area contributed by atoms with Gasteiger partial charge >= 0.3 is 0 Å². The molecular formula is C19H25NS. The second-order valence-corrected chi connectivity index (χ2v) is 7.30. The van der Waals surface area contributed by atoms with Crippen LogP contribution in [0.15, 0.2) is 24.3 Å². The molecule has 0 aliphatic heterocycles. The number of fused-ring (bicyclic) bond motifs is 1. The van der Waals surface area contributed by atoms with Crippen LogP contribution in [0.2, 0.25) is 0 Å². The molecule has 1 nitrogen and oxygen atoms in total. The van der Waals surface area contributed by atoms with Crippen molar-refractivity contribution >= 4 is 11.3 Å². The summed E-state index contributed by atoms with van der Waals surface area (Å²) in [5.74, 6) is 0. The molecule has 21 heavy (non-hydrogen) atoms. The Bertz CT molecular complexity index is 605. The van der Waals surface area contributed by atoms with Crippen LogP contribution in [0.5, 0.6) is 0 Å². The van der Waals surface area contributed by atoms with Gasteiger partial charge in [0.15, 0.2) is 0 Å². The zero-order chi connectivity index (χ0) is 14.8. The minimum atomic E-state index is 0.362. The van der Waals surface area contributed by atoms with Crippen molar-refractivity contribution in [3.05, 3.63) is 56.3 Å². The van der Waals surface area contributed by atoms with Gasteiger partial charge in [-0.05, 0) is 74.4 Å². The third kappa shape index (κ3) is 2.93. The van der Waals surface area contributed by atoms with Crippen LogP contribution in [0.1, 0.15) is 57.8 Å². The Labute approximate surface area is 132 Å². The monoisotopic (exact) mass is 299 g/mol. The number of thiophene rings is 1. The van der Waals surface area contributed by atoms with Crippen molar-refractivity contribution in [1.82, 2.24) is 5.32 Å². The molecule has 1 heterocycles. The van der Waals surface area contributed by atoms with Gasteiger partial charge in [-0.3, -0.25) is 0 Å². The van der Waals surface area contributed by atoms with Crippen molar-refractivity contribution in [1.29, 1.82) is 0 Å². The highest BCUT2D eigenvalue weighted by Crippen LogP contribution is 2.37. The first-order valence-corrected chi connectivity index (χ1v) is 8.93. The quantitative estimate of drug-likeness (QED) is 0.824. The molecule has 3 rings (SSSR count). The van der Waals surface area contributed by atoms with Crippen molar-refractivity contribution in [3.8, 4) is 0 Å². The van der Waals surface area contributed by atoms with E-state index < -0.39 is 0 Å². The number of hydrogen-bond donors (Lipinski definition) is 1. The van der Waals surface area contributed by atoms with Crippen LogP contribution in [-0.2, 0) is 12.8 Å². The highest BCUT2D eigenvalue weighted by molar-refractivity contribution is 7.12. The standard InChI is InChI=1S/C19H25NS/c1-4-11-20-19(16-9-5-7-13(2)14(16)3)18-12-15-8-6-10-17(15)21-18/h5,7,9,12,19-20H,4,6,8,10-11H2,1-3H3. The summed E-state index contributed by atoms with van der Waals surface area (Å²) in [4.78, 5) is 3.13. The van der Waals surface area contributed by atoms with Gasteiger partial charge in [0.05, 0.1) is 6.04 Å². The predicted octanol–water partition coefficient (Wildman–Crippen LogP) is 4.94. The van der Waals surface area contributed by atoms with Crippen LogP contribution in [0.4, 0.5) is 0 Å². The van der Waals surface area contributed by atoms with Crippen molar-refractivity contribution in [2.24, 2.45) is 0 Å². The van der Waals surface area contributed by atoms with Gasteiger partial charge in [-0.2, -0.15) is 0 Å². The van der Waals surface area contributed by atoms with E-state index in [2.05, 4.69) is 50.4 Å². The van der Waals surface area contributed by atoms with Crippen LogP contribution in [0.25, 0.3) is 0 Å². The van der Waals surface area contributed by atoms with Crippen LogP contribution < -0.4 is 5.32 Å². The second kappa shape index (κ2) is 6.33. The number of aryl methyl sites for hydroxylation is 3. The first-order chi connectivity index (χ1) is 10.2. The molecule has 0 fully saturated rings. The van der Waals surface area contributed by atoms with Gasteiger partial charge in [-0.15, -0.1) is 11.3 Å². The minimum absolute atomic E-state index is 0.362. The van der Waals surface area contributed by atoms with E-state index in [0.29, 0.717) is 6.04 Å². The van der Waals surface area contributed by atoms with E-state index >= 15 is 0 Å². The normalized spacial score (nSPS) is 15.2. The van der Waals surface area contributed by atoms with Crippen molar-refractivity contribution in [2.75, 3.05) is 6.54 Å². The zero-order valence-electron chi connectivity index (χ0n) is 13.3.